The lowest BCUT2D eigenvalue weighted by molar-refractivity contribution is 0.366. The quantitative estimate of drug-likeness (QED) is 0.704. The summed E-state index contributed by atoms with van der Waals surface area (Å²) in [4.78, 5) is 6.95. The summed E-state index contributed by atoms with van der Waals surface area (Å²) in [5, 5.41) is 1.30. The van der Waals surface area contributed by atoms with E-state index >= 15 is 0 Å². The number of benzene rings is 1. The van der Waals surface area contributed by atoms with E-state index in [2.05, 4.69) is 73.9 Å². The maximum atomic E-state index is 4.71. The molecule has 120 valence electrons. The van der Waals surface area contributed by atoms with Crippen LogP contribution in [0.2, 0.25) is 0 Å². The van der Waals surface area contributed by atoms with Crippen LogP contribution in [0.15, 0.2) is 48.8 Å². The van der Waals surface area contributed by atoms with Crippen LogP contribution in [0, 0.1) is 13.8 Å². The molecule has 0 saturated carbocycles. The predicted molar refractivity (Wildman–Crippen MR) is 97.0 cm³/mol. The Bertz CT molecular complexity index is 802. The molecule has 0 saturated heterocycles. The Morgan fingerprint density at radius 2 is 1.83 bits per heavy atom. The van der Waals surface area contributed by atoms with E-state index in [1.54, 1.807) is 0 Å². The van der Waals surface area contributed by atoms with Gasteiger partial charge in [-0.05, 0) is 69.6 Å². The van der Waals surface area contributed by atoms with Crippen LogP contribution in [-0.4, -0.2) is 35.1 Å². The topological polar surface area (TPSA) is 21.1 Å². The van der Waals surface area contributed by atoms with Gasteiger partial charge in [-0.2, -0.15) is 0 Å². The van der Waals surface area contributed by atoms with Gasteiger partial charge in [-0.3, -0.25) is 4.98 Å². The smallest absolute Gasteiger partial charge is 0.0772 e. The number of aromatic nitrogens is 2. The summed E-state index contributed by atoms with van der Waals surface area (Å²) in [6.45, 7) is 5.38. The van der Waals surface area contributed by atoms with Crippen LogP contribution < -0.4 is 0 Å². The molecule has 3 rings (SSSR count). The molecule has 0 spiro atoms. The first-order valence-electron chi connectivity index (χ1n) is 8.20. The summed E-state index contributed by atoms with van der Waals surface area (Å²) in [6.07, 6.45) is 5.17. The van der Waals surface area contributed by atoms with Crippen LogP contribution in [-0.2, 0) is 0 Å². The maximum Gasteiger partial charge on any atom is 0.0772 e. The first kappa shape index (κ1) is 15.8. The van der Waals surface area contributed by atoms with E-state index in [4.69, 9.17) is 4.98 Å². The third-order valence-corrected chi connectivity index (χ3v) is 4.49. The monoisotopic (exact) mass is 307 g/mol. The molecule has 0 aliphatic rings. The summed E-state index contributed by atoms with van der Waals surface area (Å²) in [5.74, 6) is 0. The summed E-state index contributed by atoms with van der Waals surface area (Å²) >= 11 is 0. The number of pyridine rings is 1. The predicted octanol–water partition coefficient (Wildman–Crippen LogP) is 4.19. The molecule has 1 aromatic carbocycles. The third-order valence-electron chi connectivity index (χ3n) is 4.49. The minimum absolute atomic E-state index is 0.261. The van der Waals surface area contributed by atoms with Gasteiger partial charge in [-0.1, -0.05) is 24.3 Å². The fourth-order valence-corrected chi connectivity index (χ4v) is 3.30. The van der Waals surface area contributed by atoms with Crippen LogP contribution in [0.1, 0.15) is 29.3 Å². The van der Waals surface area contributed by atoms with Crippen molar-refractivity contribution < 1.29 is 0 Å². The van der Waals surface area contributed by atoms with Crippen molar-refractivity contribution in [2.45, 2.75) is 26.3 Å². The Balaban J connectivity index is 2.12. The van der Waals surface area contributed by atoms with Crippen LogP contribution in [0.3, 0.4) is 0 Å². The van der Waals surface area contributed by atoms with Crippen molar-refractivity contribution in [2.75, 3.05) is 20.6 Å². The van der Waals surface area contributed by atoms with Gasteiger partial charge in [0.2, 0.25) is 0 Å². The number of fused-ring (bicyclic) bond motifs is 1. The molecule has 1 unspecified atom stereocenters. The molecule has 1 atom stereocenters. The number of hydrogen-bond donors (Lipinski definition) is 0. The molecule has 0 fully saturated rings. The van der Waals surface area contributed by atoms with E-state index in [9.17, 15) is 0 Å². The molecule has 0 N–H and O–H groups in total. The molecule has 0 aliphatic carbocycles. The van der Waals surface area contributed by atoms with E-state index in [1.165, 1.54) is 27.7 Å². The van der Waals surface area contributed by atoms with Gasteiger partial charge in [-0.15, -0.1) is 0 Å². The van der Waals surface area contributed by atoms with E-state index in [1.807, 2.05) is 12.3 Å². The minimum Gasteiger partial charge on any atom is -0.338 e. The van der Waals surface area contributed by atoms with E-state index in [-0.39, 0.29) is 6.04 Å². The molecule has 3 heteroatoms. The Kier molecular flexibility index (Phi) is 4.49. The number of nitrogens with zero attached hydrogens (tertiary/aromatic N) is 3. The van der Waals surface area contributed by atoms with E-state index < -0.39 is 0 Å². The van der Waals surface area contributed by atoms with Crippen molar-refractivity contribution in [3.8, 4) is 0 Å². The van der Waals surface area contributed by atoms with E-state index in [0.29, 0.717) is 0 Å². The van der Waals surface area contributed by atoms with Crippen molar-refractivity contribution in [1.82, 2.24) is 14.5 Å². The highest BCUT2D eigenvalue weighted by atomic mass is 15.1. The average Bonchev–Trinajstić information content (AvgIpc) is 2.94. The molecule has 23 heavy (non-hydrogen) atoms. The average molecular weight is 307 g/mol. The zero-order chi connectivity index (χ0) is 16.4. The largest absolute Gasteiger partial charge is 0.338 e. The maximum absolute atomic E-state index is 4.71. The fourth-order valence-electron chi connectivity index (χ4n) is 3.30. The van der Waals surface area contributed by atoms with Crippen molar-refractivity contribution in [3.63, 3.8) is 0 Å². The van der Waals surface area contributed by atoms with Crippen molar-refractivity contribution in [1.29, 1.82) is 0 Å². The summed E-state index contributed by atoms with van der Waals surface area (Å²) < 4.78 is 2.41. The highest BCUT2D eigenvalue weighted by molar-refractivity contribution is 5.83. The second-order valence-electron chi connectivity index (χ2n) is 6.55. The first-order valence-corrected chi connectivity index (χ1v) is 8.20. The molecule has 2 heterocycles. The number of rotatable bonds is 5. The molecular formula is C20H25N3. The standard InChI is InChI=1S/C20H25N3/c1-15-8-6-12-21-19(15)18(11-13-22(3)4)23-14-10-17-9-5-7-16(2)20(17)23/h5-10,12,14,18H,11,13H2,1-4H3. The number of para-hydroxylation sites is 1. The SMILES string of the molecule is Cc1cccnc1C(CCN(C)C)n1ccc2cccc(C)c21. The van der Waals surface area contributed by atoms with Gasteiger partial charge in [0.05, 0.1) is 17.3 Å². The van der Waals surface area contributed by atoms with Gasteiger partial charge in [0.15, 0.2) is 0 Å². The Labute approximate surface area is 138 Å². The van der Waals surface area contributed by atoms with Crippen LogP contribution >= 0.6 is 0 Å². The molecule has 0 aliphatic heterocycles. The zero-order valence-corrected chi connectivity index (χ0v) is 14.5. The van der Waals surface area contributed by atoms with Gasteiger partial charge in [0.1, 0.15) is 0 Å². The molecule has 3 aromatic rings. The van der Waals surface area contributed by atoms with Gasteiger partial charge >= 0.3 is 0 Å². The summed E-state index contributed by atoms with van der Waals surface area (Å²) in [7, 11) is 4.25. The molecule has 0 amide bonds. The van der Waals surface area contributed by atoms with Gasteiger partial charge in [-0.25, -0.2) is 0 Å². The van der Waals surface area contributed by atoms with Crippen molar-refractivity contribution in [2.24, 2.45) is 0 Å². The normalized spacial score (nSPS) is 12.9. The minimum atomic E-state index is 0.261. The first-order chi connectivity index (χ1) is 11.1. The molecule has 3 nitrogen and oxygen atoms in total. The number of aryl methyl sites for hydroxylation is 2. The van der Waals surface area contributed by atoms with Crippen molar-refractivity contribution >= 4 is 10.9 Å². The molecular weight excluding hydrogens is 282 g/mol. The fraction of sp³-hybridized carbons (Fsp3) is 0.350. The lowest BCUT2D eigenvalue weighted by atomic mass is 10.0. The zero-order valence-electron chi connectivity index (χ0n) is 14.5. The Morgan fingerprint density at radius 1 is 1.04 bits per heavy atom. The van der Waals surface area contributed by atoms with E-state index in [0.717, 1.165) is 13.0 Å². The highest BCUT2D eigenvalue weighted by Crippen LogP contribution is 2.30. The second-order valence-corrected chi connectivity index (χ2v) is 6.55. The lowest BCUT2D eigenvalue weighted by Crippen LogP contribution is -2.21. The molecule has 0 bridgehead atoms. The van der Waals surface area contributed by atoms with Crippen LogP contribution in [0.4, 0.5) is 0 Å². The Hall–Kier alpha value is -2.13. The highest BCUT2D eigenvalue weighted by Gasteiger charge is 2.19. The van der Waals surface area contributed by atoms with Gasteiger partial charge < -0.3 is 9.47 Å². The molecule has 0 radical (unpaired) electrons. The summed E-state index contributed by atoms with van der Waals surface area (Å²) in [6, 6.07) is 13.1. The van der Waals surface area contributed by atoms with Crippen molar-refractivity contribution in [3.05, 3.63) is 65.6 Å². The second kappa shape index (κ2) is 6.55. The Morgan fingerprint density at radius 3 is 2.57 bits per heavy atom. The summed E-state index contributed by atoms with van der Waals surface area (Å²) in [5.41, 5.74) is 5.07. The third kappa shape index (κ3) is 3.15. The van der Waals surface area contributed by atoms with Crippen LogP contribution in [0.25, 0.3) is 10.9 Å². The molecule has 2 aromatic heterocycles. The van der Waals surface area contributed by atoms with Gasteiger partial charge in [0.25, 0.3) is 0 Å². The van der Waals surface area contributed by atoms with Crippen LogP contribution in [0.5, 0.6) is 0 Å². The lowest BCUT2D eigenvalue weighted by Gasteiger charge is -2.23. The number of hydrogen-bond acceptors (Lipinski definition) is 2. The van der Waals surface area contributed by atoms with Gasteiger partial charge in [0, 0.05) is 12.4 Å².